The Labute approximate surface area is 119 Å². The van der Waals surface area contributed by atoms with Crippen LogP contribution in [0.5, 0.6) is 0 Å². The van der Waals surface area contributed by atoms with Crippen molar-refractivity contribution < 1.29 is 29.1 Å². The number of non-ortho nitro benzene ring substituents is 1. The van der Waals surface area contributed by atoms with E-state index in [1.165, 1.54) is 32.4 Å². The lowest BCUT2D eigenvalue weighted by Crippen LogP contribution is -2.29. The van der Waals surface area contributed by atoms with E-state index in [1.807, 2.05) is 0 Å². The van der Waals surface area contributed by atoms with E-state index in [0.29, 0.717) is 0 Å². The van der Waals surface area contributed by atoms with E-state index in [9.17, 15) is 19.7 Å². The van der Waals surface area contributed by atoms with Crippen LogP contribution in [-0.2, 0) is 19.1 Å². The summed E-state index contributed by atoms with van der Waals surface area (Å²) in [6, 6.07) is 5.24. The number of hydrogen-bond acceptors (Lipinski definition) is 6. The van der Waals surface area contributed by atoms with Gasteiger partial charge in [0, 0.05) is 26.4 Å². The summed E-state index contributed by atoms with van der Waals surface area (Å²) in [5.74, 6) is -2.37. The van der Waals surface area contributed by atoms with Gasteiger partial charge in [-0.05, 0) is 11.6 Å². The molecule has 0 aromatic heterocycles. The Morgan fingerprint density at radius 1 is 1.33 bits per heavy atom. The lowest BCUT2D eigenvalue weighted by molar-refractivity contribution is -0.384. The fourth-order valence-electron chi connectivity index (χ4n) is 1.57. The number of ketones is 1. The van der Waals surface area contributed by atoms with Crippen molar-refractivity contribution in [2.24, 2.45) is 0 Å². The molecule has 112 valence electrons. The van der Waals surface area contributed by atoms with Crippen LogP contribution < -0.4 is 0 Å². The predicted molar refractivity (Wildman–Crippen MR) is 71.5 cm³/mol. The third kappa shape index (κ3) is 4.20. The summed E-state index contributed by atoms with van der Waals surface area (Å²) >= 11 is 0. The number of aliphatic carboxylic acids is 1. The number of nitro groups is 1. The van der Waals surface area contributed by atoms with Gasteiger partial charge in [-0.2, -0.15) is 0 Å². The molecule has 0 heterocycles. The molecule has 0 radical (unpaired) electrons. The van der Waals surface area contributed by atoms with Gasteiger partial charge in [-0.15, -0.1) is 0 Å². The van der Waals surface area contributed by atoms with E-state index in [1.54, 1.807) is 0 Å². The lowest BCUT2D eigenvalue weighted by atomic mass is 10.1. The van der Waals surface area contributed by atoms with Gasteiger partial charge in [0.1, 0.15) is 5.57 Å². The van der Waals surface area contributed by atoms with Gasteiger partial charge in [0.15, 0.2) is 0 Å². The van der Waals surface area contributed by atoms with Gasteiger partial charge in [-0.25, -0.2) is 4.79 Å². The van der Waals surface area contributed by atoms with Crippen LogP contribution in [0.3, 0.4) is 0 Å². The number of Topliss-reactive ketones (excluding diaryl/α,β-unsaturated/α-hetero) is 1. The second-order valence-electron chi connectivity index (χ2n) is 3.88. The van der Waals surface area contributed by atoms with Crippen LogP contribution in [0, 0.1) is 10.1 Å². The van der Waals surface area contributed by atoms with Crippen LogP contribution >= 0.6 is 0 Å². The average Bonchev–Trinajstić information content (AvgIpc) is 2.45. The van der Waals surface area contributed by atoms with E-state index >= 15 is 0 Å². The molecule has 0 spiro atoms. The van der Waals surface area contributed by atoms with Crippen molar-refractivity contribution in [3.05, 3.63) is 45.5 Å². The first-order chi connectivity index (χ1) is 9.90. The number of nitro benzene ring substituents is 1. The topological polar surface area (TPSA) is 116 Å². The molecule has 1 aromatic rings. The molecule has 0 saturated heterocycles. The molecule has 0 atom stereocenters. The van der Waals surface area contributed by atoms with Crippen LogP contribution in [0.15, 0.2) is 29.8 Å². The largest absolute Gasteiger partial charge is 0.478 e. The van der Waals surface area contributed by atoms with Crippen LogP contribution in [0.2, 0.25) is 0 Å². The number of carboxylic acids is 1. The SMILES string of the molecule is COC(OC)C(=O)/C(=C/c1cccc([N+](=O)[O-])c1)C(=O)O. The predicted octanol–water partition coefficient (Wildman–Crippen LogP) is 1.25. The van der Waals surface area contributed by atoms with Crippen LogP contribution in [-0.4, -0.2) is 42.3 Å². The minimum atomic E-state index is -1.48. The summed E-state index contributed by atoms with van der Waals surface area (Å²) in [6.07, 6.45) is -0.325. The third-order valence-corrected chi connectivity index (χ3v) is 2.53. The van der Waals surface area contributed by atoms with Gasteiger partial charge in [-0.3, -0.25) is 14.9 Å². The maximum Gasteiger partial charge on any atom is 0.339 e. The van der Waals surface area contributed by atoms with Gasteiger partial charge in [-0.1, -0.05) is 12.1 Å². The molecule has 1 aromatic carbocycles. The molecule has 8 nitrogen and oxygen atoms in total. The van der Waals surface area contributed by atoms with Gasteiger partial charge < -0.3 is 14.6 Å². The first-order valence-electron chi connectivity index (χ1n) is 5.70. The molecule has 0 amide bonds. The van der Waals surface area contributed by atoms with Crippen LogP contribution in [0.4, 0.5) is 5.69 Å². The highest BCUT2D eigenvalue weighted by molar-refractivity contribution is 6.21. The van der Waals surface area contributed by atoms with Crippen molar-refractivity contribution in [1.82, 2.24) is 0 Å². The Kier molecular flexibility index (Phi) is 5.70. The molecule has 0 fully saturated rings. The van der Waals surface area contributed by atoms with Crippen molar-refractivity contribution in [3.8, 4) is 0 Å². The van der Waals surface area contributed by atoms with Crippen molar-refractivity contribution in [2.45, 2.75) is 6.29 Å². The van der Waals surface area contributed by atoms with Gasteiger partial charge in [0.25, 0.3) is 5.69 Å². The molecule has 21 heavy (non-hydrogen) atoms. The molecular formula is C13H13NO7. The van der Waals surface area contributed by atoms with Crippen molar-refractivity contribution in [1.29, 1.82) is 0 Å². The summed E-state index contributed by atoms with van der Waals surface area (Å²) in [6.45, 7) is 0. The molecule has 1 N–H and O–H groups in total. The second-order valence-corrected chi connectivity index (χ2v) is 3.88. The first kappa shape index (κ1) is 16.5. The smallest absolute Gasteiger partial charge is 0.339 e. The molecule has 0 aliphatic rings. The van der Waals surface area contributed by atoms with Crippen LogP contribution in [0.1, 0.15) is 5.56 Å². The minimum Gasteiger partial charge on any atom is -0.478 e. The number of carbonyl (C=O) groups is 2. The Balaban J connectivity index is 3.22. The van der Waals surface area contributed by atoms with Crippen molar-refractivity contribution in [2.75, 3.05) is 14.2 Å². The average molecular weight is 295 g/mol. The van der Waals surface area contributed by atoms with E-state index in [-0.39, 0.29) is 11.3 Å². The number of carboxylic acid groups (broad SMARTS) is 1. The zero-order chi connectivity index (χ0) is 16.0. The second kappa shape index (κ2) is 7.27. The summed E-state index contributed by atoms with van der Waals surface area (Å²) < 4.78 is 9.42. The quantitative estimate of drug-likeness (QED) is 0.201. The summed E-state index contributed by atoms with van der Waals surface area (Å²) in [4.78, 5) is 33.2. The van der Waals surface area contributed by atoms with E-state index in [0.717, 1.165) is 12.1 Å². The molecule has 0 aliphatic heterocycles. The monoisotopic (exact) mass is 295 g/mol. The fraction of sp³-hybridized carbons (Fsp3) is 0.231. The number of ether oxygens (including phenoxy) is 2. The fourth-order valence-corrected chi connectivity index (χ4v) is 1.57. The summed E-state index contributed by atoms with van der Waals surface area (Å²) in [5.41, 5.74) is -0.596. The molecule has 1 rings (SSSR count). The maximum absolute atomic E-state index is 11.9. The standard InChI is InChI=1S/C13H13NO7/c1-20-13(21-2)11(15)10(12(16)17)7-8-4-3-5-9(6-8)14(18)19/h3-7,13H,1-2H3,(H,16,17)/b10-7-. The van der Waals surface area contributed by atoms with Gasteiger partial charge in [0.05, 0.1) is 4.92 Å². The van der Waals surface area contributed by atoms with Crippen LogP contribution in [0.25, 0.3) is 6.08 Å². The van der Waals surface area contributed by atoms with Gasteiger partial charge in [0.2, 0.25) is 12.1 Å². The lowest BCUT2D eigenvalue weighted by Gasteiger charge is -2.12. The number of methoxy groups -OCH3 is 2. The third-order valence-electron chi connectivity index (χ3n) is 2.53. The maximum atomic E-state index is 11.9. The molecule has 0 saturated carbocycles. The molecule has 0 bridgehead atoms. The number of benzene rings is 1. The first-order valence-corrected chi connectivity index (χ1v) is 5.70. The molecule has 0 aliphatic carbocycles. The number of rotatable bonds is 7. The number of carbonyl (C=O) groups excluding carboxylic acids is 1. The van der Waals surface area contributed by atoms with E-state index < -0.39 is 28.5 Å². The zero-order valence-electron chi connectivity index (χ0n) is 11.3. The highest BCUT2D eigenvalue weighted by Gasteiger charge is 2.26. The van der Waals surface area contributed by atoms with Crippen molar-refractivity contribution >= 4 is 23.5 Å². The highest BCUT2D eigenvalue weighted by atomic mass is 16.7. The zero-order valence-corrected chi connectivity index (χ0v) is 11.3. The number of hydrogen-bond donors (Lipinski definition) is 1. The molecule has 0 unspecified atom stereocenters. The Morgan fingerprint density at radius 2 is 1.95 bits per heavy atom. The Morgan fingerprint density at radius 3 is 2.43 bits per heavy atom. The normalized spacial score (nSPS) is 11.5. The van der Waals surface area contributed by atoms with Crippen molar-refractivity contribution in [3.63, 3.8) is 0 Å². The summed E-state index contributed by atoms with van der Waals surface area (Å²) in [7, 11) is 2.39. The Bertz CT molecular complexity index is 590. The molecular weight excluding hydrogens is 282 g/mol. The van der Waals surface area contributed by atoms with E-state index in [2.05, 4.69) is 0 Å². The highest BCUT2D eigenvalue weighted by Crippen LogP contribution is 2.17. The summed E-state index contributed by atoms with van der Waals surface area (Å²) in [5, 5.41) is 19.8. The number of nitrogens with zero attached hydrogens (tertiary/aromatic N) is 1. The Hall–Kier alpha value is -2.58. The molecule has 8 heteroatoms. The minimum absolute atomic E-state index is 0.209. The van der Waals surface area contributed by atoms with E-state index in [4.69, 9.17) is 14.6 Å². The van der Waals surface area contributed by atoms with Gasteiger partial charge >= 0.3 is 5.97 Å².